The van der Waals surface area contributed by atoms with Crippen molar-refractivity contribution in [2.75, 3.05) is 10.6 Å². The Bertz CT molecular complexity index is 1120. The summed E-state index contributed by atoms with van der Waals surface area (Å²) in [5.74, 6) is -1.44. The van der Waals surface area contributed by atoms with Crippen LogP contribution in [-0.4, -0.2) is 11.5 Å². The first-order valence-corrected chi connectivity index (χ1v) is 9.51. The average Bonchev–Trinajstić information content (AvgIpc) is 2.68. The molecule has 0 aliphatic carbocycles. The van der Waals surface area contributed by atoms with E-state index in [1.807, 2.05) is 24.3 Å². The Hall–Kier alpha value is -2.67. The number of anilines is 2. The highest BCUT2D eigenvalue weighted by Gasteiger charge is 2.36. The maximum absolute atomic E-state index is 13.7. The molecule has 0 saturated heterocycles. The summed E-state index contributed by atoms with van der Waals surface area (Å²) in [4.78, 5) is 4.66. The van der Waals surface area contributed by atoms with Crippen molar-refractivity contribution in [1.82, 2.24) is 0 Å². The van der Waals surface area contributed by atoms with E-state index in [1.54, 1.807) is 18.2 Å². The van der Waals surface area contributed by atoms with Crippen LogP contribution in [0.3, 0.4) is 0 Å². The summed E-state index contributed by atoms with van der Waals surface area (Å²) in [7, 11) is 0. The number of aliphatic imine (C=N–C) groups is 1. The van der Waals surface area contributed by atoms with E-state index in [2.05, 4.69) is 15.6 Å². The monoisotopic (exact) mass is 432 g/mol. The van der Waals surface area contributed by atoms with Crippen molar-refractivity contribution < 1.29 is 8.78 Å². The Labute approximate surface area is 176 Å². The number of hydrogen-bond donors (Lipinski definition) is 3. The van der Waals surface area contributed by atoms with Gasteiger partial charge in [-0.05, 0) is 48.0 Å². The third-order valence-electron chi connectivity index (χ3n) is 4.57. The zero-order chi connectivity index (χ0) is 20.6. The van der Waals surface area contributed by atoms with E-state index in [0.717, 1.165) is 17.8 Å². The van der Waals surface area contributed by atoms with Gasteiger partial charge in [0.1, 0.15) is 11.5 Å². The third kappa shape index (κ3) is 4.05. The lowest BCUT2D eigenvalue weighted by molar-refractivity contribution is 0.505. The number of amidine groups is 1. The van der Waals surface area contributed by atoms with Gasteiger partial charge in [0.05, 0.1) is 21.4 Å². The molecule has 0 radical (unpaired) electrons. The number of hydrogen-bond acceptors (Lipinski definition) is 4. The minimum absolute atomic E-state index is 0.158. The summed E-state index contributed by atoms with van der Waals surface area (Å²) >= 11 is 12.1. The molecule has 1 aliphatic rings. The zero-order valence-corrected chi connectivity index (χ0v) is 16.5. The fourth-order valence-electron chi connectivity index (χ4n) is 3.15. The van der Waals surface area contributed by atoms with Gasteiger partial charge in [-0.3, -0.25) is 0 Å². The lowest BCUT2D eigenvalue weighted by atomic mass is 9.96. The van der Waals surface area contributed by atoms with Gasteiger partial charge in [-0.2, -0.15) is 0 Å². The number of nitrogens with two attached hydrogens (primary N) is 1. The maximum atomic E-state index is 13.7. The third-order valence-corrected chi connectivity index (χ3v) is 5.30. The molecule has 148 valence electrons. The summed E-state index contributed by atoms with van der Waals surface area (Å²) in [6.45, 7) is 0. The molecular formula is C21H16Cl2F2N4. The van der Waals surface area contributed by atoms with Crippen LogP contribution in [0.4, 0.5) is 25.8 Å². The first-order chi connectivity index (χ1) is 13.8. The van der Waals surface area contributed by atoms with E-state index in [-0.39, 0.29) is 6.42 Å². The fourth-order valence-corrected chi connectivity index (χ4v) is 3.44. The highest BCUT2D eigenvalue weighted by Crippen LogP contribution is 2.34. The van der Waals surface area contributed by atoms with Crippen LogP contribution in [0.15, 0.2) is 65.7 Å². The van der Waals surface area contributed by atoms with E-state index in [1.165, 1.54) is 6.07 Å². The normalized spacial score (nSPS) is 17.9. The molecule has 0 amide bonds. The molecule has 8 heteroatoms. The van der Waals surface area contributed by atoms with E-state index < -0.39 is 17.3 Å². The molecule has 3 aromatic carbocycles. The highest BCUT2D eigenvalue weighted by atomic mass is 35.5. The number of rotatable bonds is 3. The molecule has 4 N–H and O–H groups in total. The van der Waals surface area contributed by atoms with Crippen molar-refractivity contribution in [1.29, 1.82) is 0 Å². The second-order valence-corrected chi connectivity index (χ2v) is 7.57. The Kier molecular flexibility index (Phi) is 5.17. The van der Waals surface area contributed by atoms with Crippen molar-refractivity contribution in [2.45, 2.75) is 12.1 Å². The Balaban J connectivity index is 1.73. The van der Waals surface area contributed by atoms with E-state index in [0.29, 0.717) is 32.8 Å². The average molecular weight is 433 g/mol. The number of nitrogens with zero attached hydrogens (tertiary/aromatic N) is 1. The van der Waals surface area contributed by atoms with Gasteiger partial charge >= 0.3 is 0 Å². The topological polar surface area (TPSA) is 62.4 Å². The SMILES string of the molecule is NC1(Cc2ccc(F)c(F)c2)Nc2ccccc2N=C1Nc1ccc(Cl)c(Cl)c1. The Morgan fingerprint density at radius 3 is 2.52 bits per heavy atom. The quantitative estimate of drug-likeness (QED) is 0.494. The van der Waals surface area contributed by atoms with Crippen LogP contribution < -0.4 is 16.4 Å². The molecule has 1 atom stereocenters. The van der Waals surface area contributed by atoms with E-state index >= 15 is 0 Å². The summed E-state index contributed by atoms with van der Waals surface area (Å²) in [6, 6.07) is 16.2. The second-order valence-electron chi connectivity index (χ2n) is 6.75. The van der Waals surface area contributed by atoms with Gasteiger partial charge in [0.25, 0.3) is 0 Å². The fraction of sp³-hybridized carbons (Fsp3) is 0.0952. The van der Waals surface area contributed by atoms with Crippen LogP contribution in [0.1, 0.15) is 5.56 Å². The largest absolute Gasteiger partial charge is 0.359 e. The molecule has 3 aromatic rings. The predicted molar refractivity (Wildman–Crippen MR) is 114 cm³/mol. The van der Waals surface area contributed by atoms with Crippen molar-refractivity contribution in [2.24, 2.45) is 10.7 Å². The van der Waals surface area contributed by atoms with Crippen molar-refractivity contribution >= 4 is 46.1 Å². The second kappa shape index (κ2) is 7.63. The molecular weight excluding hydrogens is 417 g/mol. The maximum Gasteiger partial charge on any atom is 0.159 e. The van der Waals surface area contributed by atoms with Gasteiger partial charge in [0.15, 0.2) is 11.6 Å². The molecule has 1 heterocycles. The molecule has 1 unspecified atom stereocenters. The Morgan fingerprint density at radius 1 is 0.966 bits per heavy atom. The first kappa shape index (κ1) is 19.6. The molecule has 1 aliphatic heterocycles. The predicted octanol–water partition coefficient (Wildman–Crippen LogP) is 5.74. The van der Waals surface area contributed by atoms with Crippen LogP contribution >= 0.6 is 23.2 Å². The number of nitrogens with one attached hydrogen (secondary N) is 2. The highest BCUT2D eigenvalue weighted by molar-refractivity contribution is 6.42. The summed E-state index contributed by atoms with van der Waals surface area (Å²) in [6.07, 6.45) is 0.158. The van der Waals surface area contributed by atoms with Gasteiger partial charge in [-0.1, -0.05) is 41.4 Å². The molecule has 0 fully saturated rings. The molecule has 0 saturated carbocycles. The number of benzene rings is 3. The van der Waals surface area contributed by atoms with E-state index in [4.69, 9.17) is 28.9 Å². The van der Waals surface area contributed by atoms with Crippen LogP contribution in [0.2, 0.25) is 10.0 Å². The molecule has 4 rings (SSSR count). The van der Waals surface area contributed by atoms with Gasteiger partial charge in [-0.25, -0.2) is 13.8 Å². The first-order valence-electron chi connectivity index (χ1n) is 8.75. The number of para-hydroxylation sites is 2. The number of halogens is 4. The molecule has 0 aromatic heterocycles. The van der Waals surface area contributed by atoms with Crippen molar-refractivity contribution in [3.8, 4) is 0 Å². The van der Waals surface area contributed by atoms with Crippen LogP contribution in [0.25, 0.3) is 0 Å². The standard InChI is InChI=1S/C21H16Cl2F2N4/c22-14-7-6-13(10-15(14)23)27-20-21(26,11-12-5-8-16(24)17(25)9-12)29-19-4-2-1-3-18(19)28-20/h1-10,29H,11,26H2,(H,27,28). The zero-order valence-electron chi connectivity index (χ0n) is 15.0. The molecule has 0 spiro atoms. The van der Waals surface area contributed by atoms with E-state index in [9.17, 15) is 8.78 Å². The lowest BCUT2D eigenvalue weighted by Gasteiger charge is -2.37. The van der Waals surface area contributed by atoms with Crippen molar-refractivity contribution in [3.05, 3.63) is 87.9 Å². The van der Waals surface area contributed by atoms with Crippen LogP contribution in [-0.2, 0) is 6.42 Å². The lowest BCUT2D eigenvalue weighted by Crippen LogP contribution is -2.60. The van der Waals surface area contributed by atoms with Gasteiger partial charge in [0, 0.05) is 12.1 Å². The smallest absolute Gasteiger partial charge is 0.159 e. The Morgan fingerprint density at radius 2 is 1.76 bits per heavy atom. The van der Waals surface area contributed by atoms with Gasteiger partial charge in [-0.15, -0.1) is 0 Å². The van der Waals surface area contributed by atoms with Crippen LogP contribution in [0.5, 0.6) is 0 Å². The molecule has 0 bridgehead atoms. The minimum atomic E-state index is -1.20. The molecule has 4 nitrogen and oxygen atoms in total. The summed E-state index contributed by atoms with van der Waals surface area (Å²) < 4.78 is 27.0. The van der Waals surface area contributed by atoms with Gasteiger partial charge in [0.2, 0.25) is 0 Å². The van der Waals surface area contributed by atoms with Crippen LogP contribution in [0, 0.1) is 11.6 Å². The summed E-state index contributed by atoms with van der Waals surface area (Å²) in [5, 5.41) is 7.24. The summed E-state index contributed by atoms with van der Waals surface area (Å²) in [5.41, 5.74) is 8.05. The van der Waals surface area contributed by atoms with Gasteiger partial charge < -0.3 is 16.4 Å². The minimum Gasteiger partial charge on any atom is -0.359 e. The molecule has 29 heavy (non-hydrogen) atoms. The number of fused-ring (bicyclic) bond motifs is 1. The van der Waals surface area contributed by atoms with Crippen molar-refractivity contribution in [3.63, 3.8) is 0 Å².